The van der Waals surface area contributed by atoms with Gasteiger partial charge in [-0.05, 0) is 43.9 Å². The standard InChI is InChI=1S/C15H20BrN5/c1-10-4-5-12(7-13(10)16)14-18-15(20-19-14)21-6-2-3-11(8-17)9-21/h4-5,7,11H,2-3,6,8-9,17H2,1H3,(H,18,19,20). The summed E-state index contributed by atoms with van der Waals surface area (Å²) in [7, 11) is 0. The predicted molar refractivity (Wildman–Crippen MR) is 88.2 cm³/mol. The minimum Gasteiger partial charge on any atom is -0.339 e. The Morgan fingerprint density at radius 1 is 1.48 bits per heavy atom. The third kappa shape index (κ3) is 3.11. The zero-order chi connectivity index (χ0) is 14.8. The van der Waals surface area contributed by atoms with Gasteiger partial charge in [-0.25, -0.2) is 0 Å². The Morgan fingerprint density at radius 2 is 2.33 bits per heavy atom. The SMILES string of the molecule is Cc1ccc(-c2nc(N3CCCC(CN)C3)n[nH]2)cc1Br. The minimum atomic E-state index is 0.550. The molecule has 5 nitrogen and oxygen atoms in total. The number of H-pyrrole nitrogens is 1. The summed E-state index contributed by atoms with van der Waals surface area (Å²) in [4.78, 5) is 6.87. The van der Waals surface area contributed by atoms with E-state index in [2.05, 4.69) is 61.1 Å². The maximum atomic E-state index is 5.79. The molecule has 21 heavy (non-hydrogen) atoms. The second-order valence-corrected chi connectivity index (χ2v) is 6.49. The molecule has 3 rings (SSSR count). The summed E-state index contributed by atoms with van der Waals surface area (Å²) in [5, 5.41) is 7.41. The molecule has 1 aliphatic heterocycles. The van der Waals surface area contributed by atoms with Crippen LogP contribution in [0.2, 0.25) is 0 Å². The van der Waals surface area contributed by atoms with Gasteiger partial charge in [0.2, 0.25) is 5.95 Å². The van der Waals surface area contributed by atoms with Crippen molar-refractivity contribution in [2.24, 2.45) is 11.7 Å². The first-order chi connectivity index (χ1) is 10.2. The molecule has 1 aliphatic rings. The molecule has 1 aromatic carbocycles. The van der Waals surface area contributed by atoms with E-state index in [0.717, 1.165) is 47.9 Å². The molecule has 1 unspecified atom stereocenters. The third-order valence-corrected chi connectivity index (χ3v) is 4.91. The molecule has 3 N–H and O–H groups in total. The topological polar surface area (TPSA) is 70.8 Å². The average Bonchev–Trinajstić information content (AvgIpc) is 3.00. The molecule has 1 fully saturated rings. The van der Waals surface area contributed by atoms with Gasteiger partial charge in [0.15, 0.2) is 5.82 Å². The number of aryl methyl sites for hydroxylation is 1. The summed E-state index contributed by atoms with van der Waals surface area (Å²) in [6, 6.07) is 6.20. The summed E-state index contributed by atoms with van der Waals surface area (Å²) >= 11 is 3.56. The van der Waals surface area contributed by atoms with Crippen LogP contribution in [0.3, 0.4) is 0 Å². The summed E-state index contributed by atoms with van der Waals surface area (Å²) < 4.78 is 1.08. The number of rotatable bonds is 3. The van der Waals surface area contributed by atoms with Gasteiger partial charge in [-0.3, -0.25) is 5.10 Å². The van der Waals surface area contributed by atoms with E-state index < -0.39 is 0 Å². The lowest BCUT2D eigenvalue weighted by molar-refractivity contribution is 0.420. The van der Waals surface area contributed by atoms with Gasteiger partial charge in [-0.15, -0.1) is 5.10 Å². The molecule has 0 spiro atoms. The van der Waals surface area contributed by atoms with Crippen molar-refractivity contribution in [1.82, 2.24) is 15.2 Å². The Hall–Kier alpha value is -1.40. The van der Waals surface area contributed by atoms with Gasteiger partial charge in [0, 0.05) is 23.1 Å². The van der Waals surface area contributed by atoms with E-state index in [0.29, 0.717) is 5.92 Å². The number of aromatic nitrogens is 3. The van der Waals surface area contributed by atoms with Crippen LogP contribution in [0, 0.1) is 12.8 Å². The molecule has 1 atom stereocenters. The first-order valence-electron chi connectivity index (χ1n) is 7.31. The van der Waals surface area contributed by atoms with Crippen LogP contribution in [-0.4, -0.2) is 34.8 Å². The third-order valence-electron chi connectivity index (χ3n) is 4.05. The quantitative estimate of drug-likeness (QED) is 0.893. The smallest absolute Gasteiger partial charge is 0.245 e. The van der Waals surface area contributed by atoms with Crippen LogP contribution in [-0.2, 0) is 0 Å². The van der Waals surface area contributed by atoms with Crippen LogP contribution >= 0.6 is 15.9 Å². The molecule has 1 aromatic heterocycles. The number of piperidine rings is 1. The van der Waals surface area contributed by atoms with Gasteiger partial charge < -0.3 is 10.6 Å². The number of aromatic amines is 1. The first-order valence-corrected chi connectivity index (χ1v) is 8.10. The van der Waals surface area contributed by atoms with E-state index in [1.165, 1.54) is 12.0 Å². The lowest BCUT2D eigenvalue weighted by Crippen LogP contribution is -2.38. The van der Waals surface area contributed by atoms with Crippen molar-refractivity contribution in [3.05, 3.63) is 28.2 Å². The first kappa shape index (κ1) is 14.5. The molecule has 112 valence electrons. The Balaban J connectivity index is 1.81. The van der Waals surface area contributed by atoms with Gasteiger partial charge in [0.1, 0.15) is 0 Å². The minimum absolute atomic E-state index is 0.550. The van der Waals surface area contributed by atoms with E-state index >= 15 is 0 Å². The summed E-state index contributed by atoms with van der Waals surface area (Å²) in [5.41, 5.74) is 8.04. The van der Waals surface area contributed by atoms with E-state index in [9.17, 15) is 0 Å². The fourth-order valence-electron chi connectivity index (χ4n) is 2.70. The highest BCUT2D eigenvalue weighted by molar-refractivity contribution is 9.10. The van der Waals surface area contributed by atoms with Crippen molar-refractivity contribution in [3.63, 3.8) is 0 Å². The summed E-state index contributed by atoms with van der Waals surface area (Å²) in [6.45, 7) is 4.76. The molecule has 2 heterocycles. The Kier molecular flexibility index (Phi) is 4.26. The van der Waals surface area contributed by atoms with Crippen LogP contribution in [0.25, 0.3) is 11.4 Å². The number of benzene rings is 1. The van der Waals surface area contributed by atoms with Crippen LogP contribution in [0.1, 0.15) is 18.4 Å². The highest BCUT2D eigenvalue weighted by atomic mass is 79.9. The highest BCUT2D eigenvalue weighted by Crippen LogP contribution is 2.25. The molecular formula is C15H20BrN5. The number of nitrogens with two attached hydrogens (primary N) is 1. The molecule has 0 saturated carbocycles. The Bertz CT molecular complexity index is 624. The van der Waals surface area contributed by atoms with Crippen molar-refractivity contribution in [1.29, 1.82) is 0 Å². The molecule has 0 radical (unpaired) electrons. The van der Waals surface area contributed by atoms with Gasteiger partial charge in [0.25, 0.3) is 0 Å². The Morgan fingerprint density at radius 3 is 3.10 bits per heavy atom. The monoisotopic (exact) mass is 349 g/mol. The number of hydrogen-bond donors (Lipinski definition) is 2. The summed E-state index contributed by atoms with van der Waals surface area (Å²) in [6.07, 6.45) is 2.36. The zero-order valence-electron chi connectivity index (χ0n) is 12.1. The van der Waals surface area contributed by atoms with Crippen molar-refractivity contribution in [2.45, 2.75) is 19.8 Å². The number of halogens is 1. The number of hydrogen-bond acceptors (Lipinski definition) is 4. The van der Waals surface area contributed by atoms with Crippen LogP contribution in [0.5, 0.6) is 0 Å². The number of nitrogens with zero attached hydrogens (tertiary/aromatic N) is 3. The average molecular weight is 350 g/mol. The second kappa shape index (κ2) is 6.15. The normalized spacial score (nSPS) is 19.0. The number of nitrogens with one attached hydrogen (secondary N) is 1. The van der Waals surface area contributed by atoms with Gasteiger partial charge in [0.05, 0.1) is 0 Å². The van der Waals surface area contributed by atoms with E-state index in [4.69, 9.17) is 5.73 Å². The van der Waals surface area contributed by atoms with E-state index in [-0.39, 0.29) is 0 Å². The van der Waals surface area contributed by atoms with Gasteiger partial charge in [-0.1, -0.05) is 28.1 Å². The zero-order valence-corrected chi connectivity index (χ0v) is 13.7. The molecule has 6 heteroatoms. The maximum Gasteiger partial charge on any atom is 0.245 e. The van der Waals surface area contributed by atoms with Crippen LogP contribution in [0.4, 0.5) is 5.95 Å². The largest absolute Gasteiger partial charge is 0.339 e. The molecule has 0 bridgehead atoms. The van der Waals surface area contributed by atoms with Crippen molar-refractivity contribution >= 4 is 21.9 Å². The summed E-state index contributed by atoms with van der Waals surface area (Å²) in [5.74, 6) is 2.13. The highest BCUT2D eigenvalue weighted by Gasteiger charge is 2.22. The predicted octanol–water partition coefficient (Wildman–Crippen LogP) is 2.72. The van der Waals surface area contributed by atoms with Crippen molar-refractivity contribution in [3.8, 4) is 11.4 Å². The molecule has 1 saturated heterocycles. The van der Waals surface area contributed by atoms with Crippen molar-refractivity contribution < 1.29 is 0 Å². The van der Waals surface area contributed by atoms with Gasteiger partial charge >= 0.3 is 0 Å². The van der Waals surface area contributed by atoms with Crippen molar-refractivity contribution in [2.75, 3.05) is 24.5 Å². The van der Waals surface area contributed by atoms with Gasteiger partial charge in [-0.2, -0.15) is 4.98 Å². The lowest BCUT2D eigenvalue weighted by atomic mass is 9.99. The molecule has 0 aliphatic carbocycles. The fraction of sp³-hybridized carbons (Fsp3) is 0.467. The Labute approximate surface area is 133 Å². The van der Waals surface area contributed by atoms with E-state index in [1.807, 2.05) is 0 Å². The molecule has 2 aromatic rings. The lowest BCUT2D eigenvalue weighted by Gasteiger charge is -2.31. The van der Waals surface area contributed by atoms with Crippen LogP contribution < -0.4 is 10.6 Å². The second-order valence-electron chi connectivity index (χ2n) is 5.64. The van der Waals surface area contributed by atoms with Crippen LogP contribution in [0.15, 0.2) is 22.7 Å². The van der Waals surface area contributed by atoms with E-state index in [1.54, 1.807) is 0 Å². The molecular weight excluding hydrogens is 330 g/mol. The maximum absolute atomic E-state index is 5.79. The fourth-order valence-corrected chi connectivity index (χ4v) is 3.08. The number of anilines is 1. The molecule has 0 amide bonds.